The number of nitrogens with one attached hydrogen (secondary N) is 2. The van der Waals surface area contributed by atoms with Gasteiger partial charge in [0.25, 0.3) is 21.7 Å². The van der Waals surface area contributed by atoms with Gasteiger partial charge in [-0.15, -0.1) is 10.2 Å². The number of benzene rings is 1. The summed E-state index contributed by atoms with van der Waals surface area (Å²) in [6.07, 6.45) is 1.38. The van der Waals surface area contributed by atoms with Crippen molar-refractivity contribution in [3.8, 4) is 0 Å². The van der Waals surface area contributed by atoms with Gasteiger partial charge in [0.2, 0.25) is 0 Å². The van der Waals surface area contributed by atoms with E-state index >= 15 is 0 Å². The minimum Gasteiger partial charge on any atom is -0.278 e. The third kappa shape index (κ3) is 1.84. The van der Waals surface area contributed by atoms with Gasteiger partial charge in [-0.05, 0) is 12.1 Å². The Hall–Kier alpha value is -2.60. The van der Waals surface area contributed by atoms with Crippen molar-refractivity contribution >= 4 is 44.5 Å². The van der Waals surface area contributed by atoms with Crippen molar-refractivity contribution in [1.82, 2.24) is 33.5 Å². The molecule has 0 saturated carbocycles. The first-order valence-electron chi connectivity index (χ1n) is 5.64. The lowest BCUT2D eigenvalue weighted by molar-refractivity contribution is 0.601. The van der Waals surface area contributed by atoms with E-state index in [0.717, 1.165) is 11.7 Å². The number of anilines is 1. The van der Waals surface area contributed by atoms with E-state index in [9.17, 15) is 8.42 Å². The van der Waals surface area contributed by atoms with Crippen LogP contribution in [0.2, 0.25) is 0 Å². The molecule has 21 heavy (non-hydrogen) atoms. The Kier molecular flexibility index (Phi) is 2.43. The monoisotopic (exact) mass is 322 g/mol. The Morgan fingerprint density at radius 3 is 3.05 bits per heavy atom. The van der Waals surface area contributed by atoms with Crippen LogP contribution in [0.1, 0.15) is 0 Å². The fourth-order valence-corrected chi connectivity index (χ4v) is 3.61. The summed E-state index contributed by atoms with van der Waals surface area (Å²) in [5, 5.41) is 10.2. The fourth-order valence-electron chi connectivity index (χ4n) is 1.86. The first kappa shape index (κ1) is 12.2. The van der Waals surface area contributed by atoms with Crippen molar-refractivity contribution in [2.45, 2.75) is 4.90 Å². The van der Waals surface area contributed by atoms with Gasteiger partial charge in [-0.25, -0.2) is 13.1 Å². The first-order valence-corrected chi connectivity index (χ1v) is 7.85. The normalized spacial score (nSPS) is 12.2. The van der Waals surface area contributed by atoms with Crippen LogP contribution in [0, 0.1) is 0 Å². The van der Waals surface area contributed by atoms with E-state index in [0.29, 0.717) is 11.0 Å². The van der Waals surface area contributed by atoms with Crippen molar-refractivity contribution in [2.75, 3.05) is 4.72 Å². The molecule has 0 aliphatic carbocycles. The van der Waals surface area contributed by atoms with Gasteiger partial charge in [0.05, 0.1) is 11.7 Å². The smallest absolute Gasteiger partial charge is 0.273 e. The van der Waals surface area contributed by atoms with Crippen molar-refractivity contribution < 1.29 is 8.42 Å². The minimum atomic E-state index is -3.87. The van der Waals surface area contributed by atoms with E-state index in [4.69, 9.17) is 0 Å². The molecule has 0 amide bonds. The molecular weight excluding hydrogens is 316 g/mol. The van der Waals surface area contributed by atoms with Crippen molar-refractivity contribution in [3.63, 3.8) is 0 Å². The summed E-state index contributed by atoms with van der Waals surface area (Å²) in [5.74, 6) is 0.281. The predicted molar refractivity (Wildman–Crippen MR) is 73.4 cm³/mol. The number of sulfonamides is 1. The third-order valence-electron chi connectivity index (χ3n) is 2.78. The molecule has 0 saturated heterocycles. The molecule has 4 aromatic rings. The van der Waals surface area contributed by atoms with E-state index in [2.05, 4.69) is 33.7 Å². The average Bonchev–Trinajstić information content (AvgIpc) is 3.15. The van der Waals surface area contributed by atoms with Crippen molar-refractivity contribution in [3.05, 3.63) is 24.5 Å². The van der Waals surface area contributed by atoms with Gasteiger partial charge in [0, 0.05) is 0 Å². The zero-order valence-electron chi connectivity index (χ0n) is 10.1. The Morgan fingerprint density at radius 1 is 1.24 bits per heavy atom. The molecule has 0 bridgehead atoms. The highest BCUT2D eigenvalue weighted by atomic mass is 32.2. The lowest BCUT2D eigenvalue weighted by atomic mass is 10.3. The van der Waals surface area contributed by atoms with Crippen LogP contribution >= 0.6 is 11.7 Å². The van der Waals surface area contributed by atoms with Gasteiger partial charge in [-0.2, -0.15) is 18.2 Å². The molecule has 12 heteroatoms. The fraction of sp³-hybridized carbons (Fsp3) is 0. The van der Waals surface area contributed by atoms with Crippen molar-refractivity contribution in [2.24, 2.45) is 0 Å². The molecule has 0 unspecified atom stereocenters. The molecule has 4 rings (SSSR count). The SMILES string of the molecule is O=S(=O)(Nc1nnc2nc[nH]n12)c1cccc2nsnc12. The Balaban J connectivity index is 1.84. The number of hydrogen-bond acceptors (Lipinski definition) is 8. The highest BCUT2D eigenvalue weighted by molar-refractivity contribution is 7.93. The molecule has 106 valence electrons. The zero-order valence-corrected chi connectivity index (χ0v) is 11.8. The molecule has 0 fully saturated rings. The molecule has 0 atom stereocenters. The molecule has 0 radical (unpaired) electrons. The van der Waals surface area contributed by atoms with Crippen LogP contribution in [-0.2, 0) is 10.0 Å². The summed E-state index contributed by atoms with van der Waals surface area (Å²) >= 11 is 0.953. The van der Waals surface area contributed by atoms with E-state index in [1.165, 1.54) is 16.9 Å². The van der Waals surface area contributed by atoms with E-state index in [-0.39, 0.29) is 16.6 Å². The summed E-state index contributed by atoms with van der Waals surface area (Å²) in [6, 6.07) is 4.76. The van der Waals surface area contributed by atoms with Gasteiger partial charge in [-0.3, -0.25) is 5.10 Å². The number of hydrogen-bond donors (Lipinski definition) is 2. The Morgan fingerprint density at radius 2 is 2.14 bits per heavy atom. The molecule has 3 heterocycles. The van der Waals surface area contributed by atoms with E-state index in [1.54, 1.807) is 12.1 Å². The second-order valence-electron chi connectivity index (χ2n) is 4.04. The van der Waals surface area contributed by atoms with Gasteiger partial charge in [-0.1, -0.05) is 6.07 Å². The van der Waals surface area contributed by atoms with Crippen LogP contribution in [0.25, 0.3) is 16.8 Å². The second-order valence-corrected chi connectivity index (χ2v) is 6.22. The topological polar surface area (TPSA) is 131 Å². The minimum absolute atomic E-state index is 0.0164. The van der Waals surface area contributed by atoms with Crippen LogP contribution in [0.15, 0.2) is 29.4 Å². The number of rotatable bonds is 3. The van der Waals surface area contributed by atoms with Gasteiger partial charge < -0.3 is 0 Å². The van der Waals surface area contributed by atoms with Crippen LogP contribution in [0.3, 0.4) is 0 Å². The average molecular weight is 322 g/mol. The number of fused-ring (bicyclic) bond motifs is 2. The molecule has 3 aromatic heterocycles. The van der Waals surface area contributed by atoms with Crippen LogP contribution in [-0.4, -0.2) is 42.0 Å². The van der Waals surface area contributed by atoms with Gasteiger partial charge >= 0.3 is 0 Å². The summed E-state index contributed by atoms with van der Waals surface area (Å²) in [5.41, 5.74) is 0.844. The number of aromatic amines is 1. The molecule has 2 N–H and O–H groups in total. The van der Waals surface area contributed by atoms with Crippen LogP contribution in [0.4, 0.5) is 5.95 Å². The Labute approximate surface area is 121 Å². The molecule has 0 aliphatic rings. The lowest BCUT2D eigenvalue weighted by Crippen LogP contribution is -2.15. The van der Waals surface area contributed by atoms with Crippen LogP contribution in [0.5, 0.6) is 0 Å². The standard InChI is InChI=1S/C9H6N8O2S2/c18-21(19,6-3-1-2-5-7(6)15-20-14-5)16-9-13-12-8-10-4-11-17(8)9/h1-4H,(H,13,16)(H,10,11,12). The first-order chi connectivity index (χ1) is 10.1. The summed E-state index contributed by atoms with van der Waals surface area (Å²) in [6.45, 7) is 0. The predicted octanol–water partition coefficient (Wildman–Crippen LogP) is 0.258. The largest absolute Gasteiger partial charge is 0.278 e. The quantitative estimate of drug-likeness (QED) is 0.553. The van der Waals surface area contributed by atoms with Crippen LogP contribution < -0.4 is 4.72 Å². The lowest BCUT2D eigenvalue weighted by Gasteiger charge is -2.05. The Bertz CT molecular complexity index is 1050. The maximum atomic E-state index is 12.5. The maximum Gasteiger partial charge on any atom is 0.273 e. The molecule has 1 aromatic carbocycles. The van der Waals surface area contributed by atoms with E-state index in [1.807, 2.05) is 0 Å². The zero-order chi connectivity index (χ0) is 14.4. The highest BCUT2D eigenvalue weighted by Gasteiger charge is 2.22. The summed E-state index contributed by atoms with van der Waals surface area (Å²) in [4.78, 5) is 3.89. The second kappa shape index (κ2) is 4.20. The molecule has 0 aliphatic heterocycles. The summed E-state index contributed by atoms with van der Waals surface area (Å²) < 4.78 is 36.7. The maximum absolute atomic E-state index is 12.5. The summed E-state index contributed by atoms with van der Waals surface area (Å²) in [7, 11) is -3.87. The molecule has 10 nitrogen and oxygen atoms in total. The number of aromatic nitrogens is 7. The third-order valence-corrected chi connectivity index (χ3v) is 4.68. The van der Waals surface area contributed by atoms with E-state index < -0.39 is 10.0 Å². The van der Waals surface area contributed by atoms with Crippen molar-refractivity contribution in [1.29, 1.82) is 0 Å². The number of H-pyrrole nitrogens is 1. The molecule has 0 spiro atoms. The van der Waals surface area contributed by atoms with Gasteiger partial charge in [0.15, 0.2) is 0 Å². The van der Waals surface area contributed by atoms with Gasteiger partial charge in [0.1, 0.15) is 22.3 Å². The molecular formula is C9H6N8O2S2. The highest BCUT2D eigenvalue weighted by Crippen LogP contribution is 2.22. The number of nitrogens with zero attached hydrogens (tertiary/aromatic N) is 6.